The maximum Gasteiger partial charge on any atom is 0.256 e. The Morgan fingerprint density at radius 2 is 2.31 bits per heavy atom. The highest BCUT2D eigenvalue weighted by atomic mass is 35.5. The van der Waals surface area contributed by atoms with Gasteiger partial charge in [0.2, 0.25) is 0 Å². The van der Waals surface area contributed by atoms with Crippen molar-refractivity contribution in [1.29, 1.82) is 0 Å². The van der Waals surface area contributed by atoms with Crippen LogP contribution in [0.5, 0.6) is 0 Å². The molecule has 16 heavy (non-hydrogen) atoms. The molecule has 86 valence electrons. The monoisotopic (exact) mass is 240 g/mol. The lowest BCUT2D eigenvalue weighted by Crippen LogP contribution is -2.30. The van der Waals surface area contributed by atoms with E-state index in [1.165, 1.54) is 0 Å². The molecule has 1 amide bonds. The highest BCUT2D eigenvalue weighted by Gasteiger charge is 2.26. The molecule has 1 atom stereocenters. The normalized spacial score (nSPS) is 20.1. The van der Waals surface area contributed by atoms with E-state index in [0.29, 0.717) is 35.8 Å². The summed E-state index contributed by atoms with van der Waals surface area (Å²) in [5.41, 5.74) is 6.55. The average molecular weight is 241 g/mol. The Bertz CT molecular complexity index is 422. The van der Waals surface area contributed by atoms with E-state index < -0.39 is 6.10 Å². The molecule has 4 nitrogen and oxygen atoms in total. The Morgan fingerprint density at radius 1 is 1.56 bits per heavy atom. The van der Waals surface area contributed by atoms with Gasteiger partial charge in [-0.05, 0) is 24.6 Å². The van der Waals surface area contributed by atoms with Gasteiger partial charge in [0.1, 0.15) is 0 Å². The summed E-state index contributed by atoms with van der Waals surface area (Å²) in [6, 6.07) is 4.81. The molecule has 1 fully saturated rings. The molecule has 0 saturated carbocycles. The minimum Gasteiger partial charge on any atom is -0.398 e. The molecular formula is C11H13ClN2O2. The number of nitrogens with two attached hydrogens (primary N) is 1. The second-order valence-electron chi connectivity index (χ2n) is 3.93. The molecule has 1 aromatic carbocycles. The first kappa shape index (κ1) is 11.2. The lowest BCUT2D eigenvalue weighted by Gasteiger charge is -2.16. The fraction of sp³-hybridized carbons (Fsp3) is 0.364. The fourth-order valence-electron chi connectivity index (χ4n) is 1.82. The SMILES string of the molecule is Nc1cc(Cl)ccc1C(=O)N1CC[C@@H](O)C1. The number of anilines is 1. The molecule has 1 aromatic rings. The molecule has 2 rings (SSSR count). The number of hydrogen-bond donors (Lipinski definition) is 2. The summed E-state index contributed by atoms with van der Waals surface area (Å²) in [7, 11) is 0. The summed E-state index contributed by atoms with van der Waals surface area (Å²) in [5.74, 6) is -0.147. The van der Waals surface area contributed by atoms with E-state index in [4.69, 9.17) is 17.3 Å². The van der Waals surface area contributed by atoms with Gasteiger partial charge in [0, 0.05) is 23.8 Å². The zero-order chi connectivity index (χ0) is 11.7. The van der Waals surface area contributed by atoms with E-state index in [1.54, 1.807) is 23.1 Å². The zero-order valence-electron chi connectivity index (χ0n) is 8.69. The molecule has 0 spiro atoms. The van der Waals surface area contributed by atoms with Gasteiger partial charge in [-0.2, -0.15) is 0 Å². The Hall–Kier alpha value is -1.26. The van der Waals surface area contributed by atoms with Crippen molar-refractivity contribution in [2.45, 2.75) is 12.5 Å². The molecule has 0 aromatic heterocycles. The van der Waals surface area contributed by atoms with Crippen molar-refractivity contribution in [2.75, 3.05) is 18.8 Å². The number of rotatable bonds is 1. The van der Waals surface area contributed by atoms with Gasteiger partial charge in [-0.3, -0.25) is 4.79 Å². The summed E-state index contributed by atoms with van der Waals surface area (Å²) < 4.78 is 0. The third-order valence-corrected chi connectivity index (χ3v) is 2.93. The second kappa shape index (κ2) is 4.31. The molecule has 1 aliphatic rings. The van der Waals surface area contributed by atoms with Crippen LogP contribution in [-0.4, -0.2) is 35.1 Å². The molecular weight excluding hydrogens is 228 g/mol. The topological polar surface area (TPSA) is 66.6 Å². The maximum absolute atomic E-state index is 12.0. The summed E-state index contributed by atoms with van der Waals surface area (Å²) in [6.45, 7) is 0.947. The van der Waals surface area contributed by atoms with Crippen LogP contribution < -0.4 is 5.73 Å². The molecule has 0 unspecified atom stereocenters. The van der Waals surface area contributed by atoms with Gasteiger partial charge < -0.3 is 15.7 Å². The van der Waals surface area contributed by atoms with E-state index in [9.17, 15) is 9.90 Å². The third-order valence-electron chi connectivity index (χ3n) is 2.69. The fourth-order valence-corrected chi connectivity index (χ4v) is 2.01. The van der Waals surface area contributed by atoms with Gasteiger partial charge in [0.15, 0.2) is 0 Å². The van der Waals surface area contributed by atoms with Crippen molar-refractivity contribution >= 4 is 23.2 Å². The number of benzene rings is 1. The predicted molar refractivity (Wildman–Crippen MR) is 62.4 cm³/mol. The van der Waals surface area contributed by atoms with Gasteiger partial charge in [-0.25, -0.2) is 0 Å². The molecule has 1 heterocycles. The van der Waals surface area contributed by atoms with E-state index in [-0.39, 0.29) is 5.91 Å². The molecule has 0 aliphatic carbocycles. The van der Waals surface area contributed by atoms with Crippen molar-refractivity contribution in [1.82, 2.24) is 4.90 Å². The summed E-state index contributed by atoms with van der Waals surface area (Å²) in [4.78, 5) is 13.6. The standard InChI is InChI=1S/C11H13ClN2O2/c12-7-1-2-9(10(13)5-7)11(16)14-4-3-8(15)6-14/h1-2,5,8,15H,3-4,6,13H2/t8-/m1/s1. The number of halogens is 1. The van der Waals surface area contributed by atoms with Crippen molar-refractivity contribution in [3.8, 4) is 0 Å². The number of amides is 1. The van der Waals surface area contributed by atoms with Gasteiger partial charge in [-0.1, -0.05) is 11.6 Å². The molecule has 0 radical (unpaired) electrons. The third kappa shape index (κ3) is 2.13. The van der Waals surface area contributed by atoms with Crippen LogP contribution in [0.25, 0.3) is 0 Å². The number of carbonyl (C=O) groups excluding carboxylic acids is 1. The van der Waals surface area contributed by atoms with E-state index in [1.807, 2.05) is 0 Å². The Morgan fingerprint density at radius 3 is 2.88 bits per heavy atom. The van der Waals surface area contributed by atoms with Crippen LogP contribution in [0.1, 0.15) is 16.8 Å². The van der Waals surface area contributed by atoms with Crippen LogP contribution >= 0.6 is 11.6 Å². The van der Waals surface area contributed by atoms with Crippen LogP contribution in [0.3, 0.4) is 0 Å². The van der Waals surface area contributed by atoms with Gasteiger partial charge in [0.05, 0.1) is 11.7 Å². The number of aliphatic hydroxyl groups is 1. The first-order chi connectivity index (χ1) is 7.58. The largest absolute Gasteiger partial charge is 0.398 e. The smallest absolute Gasteiger partial charge is 0.256 e. The highest BCUT2D eigenvalue weighted by Crippen LogP contribution is 2.21. The molecule has 0 bridgehead atoms. The average Bonchev–Trinajstić information content (AvgIpc) is 2.64. The van der Waals surface area contributed by atoms with Gasteiger partial charge in [0.25, 0.3) is 5.91 Å². The quantitative estimate of drug-likeness (QED) is 0.724. The summed E-state index contributed by atoms with van der Waals surface area (Å²) in [6.07, 6.45) is 0.205. The summed E-state index contributed by atoms with van der Waals surface area (Å²) >= 11 is 5.76. The predicted octanol–water partition coefficient (Wildman–Crippen LogP) is 1.13. The molecule has 5 heteroatoms. The first-order valence-corrected chi connectivity index (χ1v) is 5.48. The van der Waals surface area contributed by atoms with Crippen LogP contribution in [0.4, 0.5) is 5.69 Å². The number of hydrogen-bond acceptors (Lipinski definition) is 3. The first-order valence-electron chi connectivity index (χ1n) is 5.10. The van der Waals surface area contributed by atoms with Crippen LogP contribution in [0.15, 0.2) is 18.2 Å². The molecule has 1 aliphatic heterocycles. The summed E-state index contributed by atoms with van der Waals surface area (Å²) in [5, 5.41) is 9.87. The number of β-amino-alcohol motifs (C(OH)–C–C–N with tert-alkyl or cyclic N) is 1. The van der Waals surface area contributed by atoms with Crippen LogP contribution in [-0.2, 0) is 0 Å². The van der Waals surface area contributed by atoms with E-state index in [2.05, 4.69) is 0 Å². The van der Waals surface area contributed by atoms with Crippen molar-refractivity contribution in [2.24, 2.45) is 0 Å². The maximum atomic E-state index is 12.0. The second-order valence-corrected chi connectivity index (χ2v) is 4.36. The Labute approximate surface area is 98.6 Å². The Balaban J connectivity index is 2.21. The lowest BCUT2D eigenvalue weighted by atomic mass is 10.1. The van der Waals surface area contributed by atoms with Crippen molar-refractivity contribution in [3.63, 3.8) is 0 Å². The lowest BCUT2D eigenvalue weighted by molar-refractivity contribution is 0.0766. The van der Waals surface area contributed by atoms with Gasteiger partial charge in [-0.15, -0.1) is 0 Å². The van der Waals surface area contributed by atoms with Crippen LogP contribution in [0.2, 0.25) is 5.02 Å². The van der Waals surface area contributed by atoms with Gasteiger partial charge >= 0.3 is 0 Å². The number of nitrogen functional groups attached to an aromatic ring is 1. The van der Waals surface area contributed by atoms with Crippen molar-refractivity contribution < 1.29 is 9.90 Å². The van der Waals surface area contributed by atoms with Crippen molar-refractivity contribution in [3.05, 3.63) is 28.8 Å². The van der Waals surface area contributed by atoms with Crippen LogP contribution in [0, 0.1) is 0 Å². The molecule has 1 saturated heterocycles. The van der Waals surface area contributed by atoms with E-state index in [0.717, 1.165) is 0 Å². The number of nitrogens with zero attached hydrogens (tertiary/aromatic N) is 1. The highest BCUT2D eigenvalue weighted by molar-refractivity contribution is 6.31. The minimum atomic E-state index is -0.419. The zero-order valence-corrected chi connectivity index (χ0v) is 9.44. The number of carbonyl (C=O) groups is 1. The number of likely N-dealkylation sites (tertiary alicyclic amines) is 1. The Kier molecular flexibility index (Phi) is 3.03. The van der Waals surface area contributed by atoms with E-state index >= 15 is 0 Å². The molecule has 3 N–H and O–H groups in total. The number of aliphatic hydroxyl groups excluding tert-OH is 1. The minimum absolute atomic E-state index is 0.147.